The third-order valence-electron chi connectivity index (χ3n) is 3.02. The predicted octanol–water partition coefficient (Wildman–Crippen LogP) is 0.896. The number of hydrogen-bond acceptors (Lipinski definition) is 5. The number of thiophene rings is 1. The summed E-state index contributed by atoms with van der Waals surface area (Å²) in [5.74, 6) is -0.986. The third kappa shape index (κ3) is 3.69. The molecule has 7 nitrogen and oxygen atoms in total. The highest BCUT2D eigenvalue weighted by atomic mass is 32.2. The Kier molecular flexibility index (Phi) is 4.45. The van der Waals surface area contributed by atoms with Crippen molar-refractivity contribution in [1.82, 2.24) is 14.5 Å². The molecule has 0 aliphatic heterocycles. The number of aliphatic carboxylic acids is 1. The Bertz CT molecular complexity index is 761. The molecular formula is C12H15N3O4S2. The summed E-state index contributed by atoms with van der Waals surface area (Å²) in [6.45, 7) is 2.00. The largest absolute Gasteiger partial charge is 0.481 e. The number of aryl methyl sites for hydroxylation is 1. The van der Waals surface area contributed by atoms with E-state index in [0.29, 0.717) is 4.88 Å². The summed E-state index contributed by atoms with van der Waals surface area (Å²) < 4.78 is 28.6. The van der Waals surface area contributed by atoms with E-state index in [2.05, 4.69) is 9.82 Å². The first-order valence-electron chi connectivity index (χ1n) is 6.07. The number of nitrogens with one attached hydrogen (secondary N) is 1. The molecular weight excluding hydrogens is 314 g/mol. The molecule has 0 unspecified atom stereocenters. The summed E-state index contributed by atoms with van der Waals surface area (Å²) in [6.07, 6.45) is 1.43. The average molecular weight is 329 g/mol. The zero-order valence-corrected chi connectivity index (χ0v) is 13.2. The van der Waals surface area contributed by atoms with Gasteiger partial charge in [-0.3, -0.25) is 9.48 Å². The molecule has 0 atom stereocenters. The second-order valence-corrected chi connectivity index (χ2v) is 7.66. The van der Waals surface area contributed by atoms with Crippen molar-refractivity contribution in [1.29, 1.82) is 0 Å². The molecule has 2 aromatic heterocycles. The lowest BCUT2D eigenvalue weighted by Gasteiger charge is -2.04. The Hall–Kier alpha value is -1.71. The Labute approximate surface area is 126 Å². The van der Waals surface area contributed by atoms with Crippen molar-refractivity contribution in [3.63, 3.8) is 0 Å². The van der Waals surface area contributed by atoms with Crippen molar-refractivity contribution in [3.05, 3.63) is 34.5 Å². The van der Waals surface area contributed by atoms with Gasteiger partial charge in [0, 0.05) is 29.7 Å². The van der Waals surface area contributed by atoms with Crippen LogP contribution in [0.1, 0.15) is 16.1 Å². The van der Waals surface area contributed by atoms with E-state index in [-0.39, 0.29) is 17.2 Å². The average Bonchev–Trinajstić information content (AvgIpc) is 2.97. The minimum Gasteiger partial charge on any atom is -0.481 e. The number of carboxylic acid groups (broad SMARTS) is 1. The molecule has 0 saturated carbocycles. The Balaban J connectivity index is 2.09. The van der Waals surface area contributed by atoms with Gasteiger partial charge in [-0.2, -0.15) is 5.10 Å². The standard InChI is InChI=1S/C12H15N3O4S2/c1-8-9(6-13-15(8)2)7-14-21(18,19)12-4-3-10(20-12)5-11(16)17/h3-4,6,14H,5,7H2,1-2H3,(H,16,17). The lowest BCUT2D eigenvalue weighted by molar-refractivity contribution is -0.136. The first-order valence-corrected chi connectivity index (χ1v) is 8.37. The lowest BCUT2D eigenvalue weighted by Crippen LogP contribution is -2.22. The molecule has 0 spiro atoms. The molecule has 0 aromatic carbocycles. The predicted molar refractivity (Wildman–Crippen MR) is 77.6 cm³/mol. The Morgan fingerprint density at radius 3 is 2.76 bits per heavy atom. The highest BCUT2D eigenvalue weighted by Crippen LogP contribution is 2.22. The molecule has 0 aliphatic rings. The van der Waals surface area contributed by atoms with Crippen LogP contribution < -0.4 is 4.72 Å². The van der Waals surface area contributed by atoms with Crippen LogP contribution >= 0.6 is 11.3 Å². The van der Waals surface area contributed by atoms with Gasteiger partial charge >= 0.3 is 5.97 Å². The maximum Gasteiger partial charge on any atom is 0.308 e. The zero-order chi connectivity index (χ0) is 15.6. The topological polar surface area (TPSA) is 101 Å². The molecule has 21 heavy (non-hydrogen) atoms. The van der Waals surface area contributed by atoms with Crippen molar-refractivity contribution < 1.29 is 18.3 Å². The number of carboxylic acids is 1. The molecule has 0 aliphatic carbocycles. The van der Waals surface area contributed by atoms with Gasteiger partial charge in [-0.1, -0.05) is 0 Å². The van der Waals surface area contributed by atoms with E-state index < -0.39 is 16.0 Å². The summed E-state index contributed by atoms with van der Waals surface area (Å²) in [5, 5.41) is 12.7. The molecule has 2 heterocycles. The van der Waals surface area contributed by atoms with Crippen molar-refractivity contribution in [3.8, 4) is 0 Å². The van der Waals surface area contributed by atoms with Gasteiger partial charge in [0.2, 0.25) is 10.0 Å². The van der Waals surface area contributed by atoms with Crippen LogP contribution in [0.2, 0.25) is 0 Å². The summed E-state index contributed by atoms with van der Waals surface area (Å²) in [7, 11) is -1.86. The summed E-state index contributed by atoms with van der Waals surface area (Å²) in [4.78, 5) is 11.1. The van der Waals surface area contributed by atoms with Gasteiger partial charge in [-0.05, 0) is 19.1 Å². The van der Waals surface area contributed by atoms with E-state index in [0.717, 1.165) is 22.6 Å². The van der Waals surface area contributed by atoms with Gasteiger partial charge in [0.25, 0.3) is 0 Å². The van der Waals surface area contributed by atoms with E-state index >= 15 is 0 Å². The van der Waals surface area contributed by atoms with E-state index in [1.807, 2.05) is 6.92 Å². The monoisotopic (exact) mass is 329 g/mol. The molecule has 9 heteroatoms. The van der Waals surface area contributed by atoms with Crippen LogP contribution in [-0.4, -0.2) is 29.3 Å². The number of rotatable bonds is 6. The number of aromatic nitrogens is 2. The molecule has 114 valence electrons. The summed E-state index contributed by atoms with van der Waals surface area (Å²) in [6, 6.07) is 2.93. The maximum atomic E-state index is 12.1. The molecule has 0 saturated heterocycles. The molecule has 0 radical (unpaired) electrons. The van der Waals surface area contributed by atoms with Crippen LogP contribution in [0.3, 0.4) is 0 Å². The molecule has 0 fully saturated rings. The quantitative estimate of drug-likeness (QED) is 0.820. The SMILES string of the molecule is Cc1c(CNS(=O)(=O)c2ccc(CC(=O)O)s2)cnn1C. The van der Waals surface area contributed by atoms with Crippen molar-refractivity contribution >= 4 is 27.3 Å². The van der Waals surface area contributed by atoms with Crippen LogP contribution in [0.5, 0.6) is 0 Å². The van der Waals surface area contributed by atoms with E-state index in [1.165, 1.54) is 12.1 Å². The Morgan fingerprint density at radius 2 is 2.19 bits per heavy atom. The van der Waals surface area contributed by atoms with Gasteiger partial charge in [0.15, 0.2) is 0 Å². The van der Waals surface area contributed by atoms with Crippen LogP contribution in [0.4, 0.5) is 0 Å². The second-order valence-electron chi connectivity index (χ2n) is 4.49. The van der Waals surface area contributed by atoms with Crippen molar-refractivity contribution in [2.75, 3.05) is 0 Å². The first-order chi connectivity index (χ1) is 9.79. The van der Waals surface area contributed by atoms with Gasteiger partial charge in [0.1, 0.15) is 4.21 Å². The van der Waals surface area contributed by atoms with Crippen LogP contribution in [0.25, 0.3) is 0 Å². The third-order valence-corrected chi connectivity index (χ3v) is 6.00. The fourth-order valence-electron chi connectivity index (χ4n) is 1.71. The van der Waals surface area contributed by atoms with Crippen LogP contribution in [0.15, 0.2) is 22.5 Å². The zero-order valence-electron chi connectivity index (χ0n) is 11.5. The highest BCUT2D eigenvalue weighted by Gasteiger charge is 2.18. The number of sulfonamides is 1. The fourth-order valence-corrected chi connectivity index (χ4v) is 4.11. The van der Waals surface area contributed by atoms with E-state index in [1.54, 1.807) is 17.9 Å². The van der Waals surface area contributed by atoms with Crippen LogP contribution in [0, 0.1) is 6.92 Å². The molecule has 0 bridgehead atoms. The summed E-state index contributed by atoms with van der Waals surface area (Å²) in [5.41, 5.74) is 1.68. The molecule has 2 rings (SSSR count). The number of carbonyl (C=O) groups is 1. The number of hydrogen-bond donors (Lipinski definition) is 2. The normalized spacial score (nSPS) is 11.7. The van der Waals surface area contributed by atoms with Gasteiger partial charge < -0.3 is 5.11 Å². The van der Waals surface area contributed by atoms with Gasteiger partial charge in [-0.15, -0.1) is 11.3 Å². The molecule has 0 amide bonds. The van der Waals surface area contributed by atoms with Crippen molar-refractivity contribution in [2.45, 2.75) is 24.1 Å². The first kappa shape index (κ1) is 15.7. The summed E-state index contributed by atoms with van der Waals surface area (Å²) >= 11 is 0.961. The minimum atomic E-state index is -3.64. The minimum absolute atomic E-state index is 0.111. The van der Waals surface area contributed by atoms with E-state index in [9.17, 15) is 13.2 Å². The molecule has 2 aromatic rings. The number of nitrogens with zero attached hydrogens (tertiary/aromatic N) is 2. The lowest BCUT2D eigenvalue weighted by atomic mass is 10.3. The van der Waals surface area contributed by atoms with Crippen molar-refractivity contribution in [2.24, 2.45) is 7.05 Å². The molecule has 2 N–H and O–H groups in total. The fraction of sp³-hybridized carbons (Fsp3) is 0.333. The maximum absolute atomic E-state index is 12.1. The van der Waals surface area contributed by atoms with Crippen LogP contribution in [-0.2, 0) is 34.8 Å². The highest BCUT2D eigenvalue weighted by molar-refractivity contribution is 7.91. The smallest absolute Gasteiger partial charge is 0.308 e. The van der Waals surface area contributed by atoms with Gasteiger partial charge in [-0.25, -0.2) is 13.1 Å². The second kappa shape index (κ2) is 5.96. The van der Waals surface area contributed by atoms with E-state index in [4.69, 9.17) is 5.11 Å². The Morgan fingerprint density at radius 1 is 1.48 bits per heavy atom. The van der Waals surface area contributed by atoms with Gasteiger partial charge in [0.05, 0.1) is 12.6 Å².